The summed E-state index contributed by atoms with van der Waals surface area (Å²) in [6, 6.07) is 12.0. The van der Waals surface area contributed by atoms with Crippen LogP contribution in [0, 0.1) is 11.8 Å². The number of aryl methyl sites for hydroxylation is 1. The number of carbonyl (C=O) groups excluding carboxylic acids is 1. The molecule has 28 heavy (non-hydrogen) atoms. The van der Waals surface area contributed by atoms with E-state index in [2.05, 4.69) is 17.4 Å². The fraction of sp³-hybridized carbons (Fsp3) is 0.545. The number of rotatable bonds is 8. The molecule has 1 unspecified atom stereocenters. The van der Waals surface area contributed by atoms with Gasteiger partial charge in [-0.05, 0) is 44.2 Å². The Morgan fingerprint density at radius 3 is 2.71 bits per heavy atom. The molecule has 0 radical (unpaired) electrons. The second kappa shape index (κ2) is 11.2. The first-order chi connectivity index (χ1) is 13.1. The van der Waals surface area contributed by atoms with Crippen molar-refractivity contribution in [2.45, 2.75) is 39.0 Å². The van der Waals surface area contributed by atoms with Gasteiger partial charge in [-0.3, -0.25) is 4.79 Å². The van der Waals surface area contributed by atoms with Gasteiger partial charge in [0.15, 0.2) is 0 Å². The van der Waals surface area contributed by atoms with Crippen LogP contribution in [-0.4, -0.2) is 42.6 Å². The number of piperidine rings is 1. The Kier molecular flexibility index (Phi) is 9.00. The fourth-order valence-electron chi connectivity index (χ4n) is 3.80. The van der Waals surface area contributed by atoms with Crippen LogP contribution < -0.4 is 5.32 Å². The van der Waals surface area contributed by atoms with E-state index in [0.29, 0.717) is 18.3 Å². The van der Waals surface area contributed by atoms with Crippen LogP contribution >= 0.6 is 12.4 Å². The van der Waals surface area contributed by atoms with E-state index in [1.165, 1.54) is 12.8 Å². The number of aromatic nitrogens is 1. The molecule has 1 saturated heterocycles. The molecule has 2 aromatic rings. The zero-order chi connectivity index (χ0) is 19.1. The predicted molar refractivity (Wildman–Crippen MR) is 115 cm³/mol. The molecule has 1 aromatic carbocycles. The van der Waals surface area contributed by atoms with Crippen LogP contribution in [0.25, 0.3) is 11.3 Å². The quantitative estimate of drug-likeness (QED) is 0.715. The van der Waals surface area contributed by atoms with Gasteiger partial charge >= 0.3 is 0 Å². The lowest BCUT2D eigenvalue weighted by molar-refractivity contribution is -0.131. The van der Waals surface area contributed by atoms with Crippen molar-refractivity contribution in [3.8, 4) is 11.3 Å². The Hall–Kier alpha value is -1.85. The van der Waals surface area contributed by atoms with Gasteiger partial charge < -0.3 is 14.7 Å². The Morgan fingerprint density at radius 1 is 1.29 bits per heavy atom. The molecule has 154 valence electrons. The molecule has 0 saturated carbocycles. The Bertz CT molecular complexity index is 714. The molecular formula is C22H32ClN3O2. The zero-order valence-electron chi connectivity index (χ0n) is 16.9. The van der Waals surface area contributed by atoms with Crippen LogP contribution in [-0.2, 0) is 11.2 Å². The summed E-state index contributed by atoms with van der Waals surface area (Å²) in [5.74, 6) is 2.26. The molecule has 1 aromatic heterocycles. The van der Waals surface area contributed by atoms with Crippen molar-refractivity contribution in [3.63, 3.8) is 0 Å². The summed E-state index contributed by atoms with van der Waals surface area (Å²) in [6.45, 7) is 5.14. The minimum absolute atomic E-state index is 0. The van der Waals surface area contributed by atoms with E-state index in [1.807, 2.05) is 48.3 Å². The van der Waals surface area contributed by atoms with Crippen LogP contribution in [0.5, 0.6) is 0 Å². The molecule has 1 amide bonds. The van der Waals surface area contributed by atoms with Gasteiger partial charge in [0.2, 0.25) is 5.91 Å². The van der Waals surface area contributed by atoms with E-state index < -0.39 is 0 Å². The van der Waals surface area contributed by atoms with Gasteiger partial charge in [-0.15, -0.1) is 12.4 Å². The molecule has 1 atom stereocenters. The number of halogens is 1. The number of nitrogens with zero attached hydrogens (tertiary/aromatic N) is 2. The van der Waals surface area contributed by atoms with Gasteiger partial charge in [-0.2, -0.15) is 0 Å². The number of benzene rings is 1. The summed E-state index contributed by atoms with van der Waals surface area (Å²) in [5, 5.41) is 7.54. The van der Waals surface area contributed by atoms with Gasteiger partial charge in [0.05, 0.1) is 0 Å². The Morgan fingerprint density at radius 2 is 2.00 bits per heavy atom. The van der Waals surface area contributed by atoms with E-state index in [4.69, 9.17) is 4.52 Å². The second-order valence-electron chi connectivity index (χ2n) is 7.73. The second-order valence-corrected chi connectivity index (χ2v) is 7.73. The number of amides is 1. The monoisotopic (exact) mass is 405 g/mol. The third kappa shape index (κ3) is 6.35. The Balaban J connectivity index is 0.00000280. The fourth-order valence-corrected chi connectivity index (χ4v) is 3.80. The topological polar surface area (TPSA) is 58.4 Å². The van der Waals surface area contributed by atoms with E-state index in [0.717, 1.165) is 49.5 Å². The molecular weight excluding hydrogens is 374 g/mol. The van der Waals surface area contributed by atoms with Gasteiger partial charge in [-0.25, -0.2) is 0 Å². The molecule has 0 spiro atoms. The van der Waals surface area contributed by atoms with Gasteiger partial charge in [0.25, 0.3) is 0 Å². The van der Waals surface area contributed by atoms with Crippen molar-refractivity contribution >= 4 is 18.3 Å². The summed E-state index contributed by atoms with van der Waals surface area (Å²) in [6.07, 6.45) is 4.71. The predicted octanol–water partition coefficient (Wildman–Crippen LogP) is 4.18. The average Bonchev–Trinajstić information content (AvgIpc) is 3.18. The summed E-state index contributed by atoms with van der Waals surface area (Å²) in [5.41, 5.74) is 1.93. The molecule has 1 aliphatic rings. The first kappa shape index (κ1) is 22.4. The number of hydrogen-bond donors (Lipinski definition) is 1. The summed E-state index contributed by atoms with van der Waals surface area (Å²) >= 11 is 0. The maximum Gasteiger partial charge on any atom is 0.222 e. The van der Waals surface area contributed by atoms with Crippen molar-refractivity contribution in [1.29, 1.82) is 0 Å². The summed E-state index contributed by atoms with van der Waals surface area (Å²) < 4.78 is 5.45. The van der Waals surface area contributed by atoms with Crippen LogP contribution in [0.1, 0.15) is 38.4 Å². The molecule has 5 nitrogen and oxygen atoms in total. The standard InChI is InChI=1S/C22H31N3O2.ClH/c1-17(18-10-12-23-13-11-18)15-22(26)25(2)14-6-9-20-16-21(24-27-20)19-7-4-3-5-8-19;/h3-5,7-8,16-18,23H,6,9-15H2,1-2H3;1H. The number of hydrogen-bond acceptors (Lipinski definition) is 4. The molecule has 6 heteroatoms. The largest absolute Gasteiger partial charge is 0.361 e. The highest BCUT2D eigenvalue weighted by Crippen LogP contribution is 2.25. The minimum Gasteiger partial charge on any atom is -0.361 e. The highest BCUT2D eigenvalue weighted by atomic mass is 35.5. The Labute approximate surface area is 174 Å². The first-order valence-corrected chi connectivity index (χ1v) is 10.1. The lowest BCUT2D eigenvalue weighted by Crippen LogP contribution is -2.34. The minimum atomic E-state index is 0. The van der Waals surface area contributed by atoms with Crippen molar-refractivity contribution in [3.05, 3.63) is 42.2 Å². The lowest BCUT2D eigenvalue weighted by Gasteiger charge is -2.29. The van der Waals surface area contributed by atoms with Crippen molar-refractivity contribution < 1.29 is 9.32 Å². The highest BCUT2D eigenvalue weighted by Gasteiger charge is 2.23. The number of carbonyl (C=O) groups is 1. The smallest absolute Gasteiger partial charge is 0.222 e. The van der Waals surface area contributed by atoms with Crippen molar-refractivity contribution in [1.82, 2.24) is 15.4 Å². The molecule has 2 heterocycles. The first-order valence-electron chi connectivity index (χ1n) is 10.1. The highest BCUT2D eigenvalue weighted by molar-refractivity contribution is 5.85. The normalized spacial score (nSPS) is 15.6. The van der Waals surface area contributed by atoms with E-state index >= 15 is 0 Å². The van der Waals surface area contributed by atoms with E-state index in [1.54, 1.807) is 0 Å². The average molecular weight is 406 g/mol. The molecule has 1 N–H and O–H groups in total. The van der Waals surface area contributed by atoms with Crippen LogP contribution in [0.15, 0.2) is 40.9 Å². The zero-order valence-corrected chi connectivity index (χ0v) is 17.7. The van der Waals surface area contributed by atoms with Crippen molar-refractivity contribution in [2.75, 3.05) is 26.7 Å². The summed E-state index contributed by atoms with van der Waals surface area (Å²) in [7, 11) is 1.91. The van der Waals surface area contributed by atoms with Gasteiger partial charge in [-0.1, -0.05) is 42.4 Å². The lowest BCUT2D eigenvalue weighted by atomic mass is 9.84. The molecule has 0 bridgehead atoms. The molecule has 1 aliphatic heterocycles. The van der Waals surface area contributed by atoms with Gasteiger partial charge in [0, 0.05) is 38.1 Å². The molecule has 1 fully saturated rings. The maximum atomic E-state index is 12.5. The van der Waals surface area contributed by atoms with Crippen molar-refractivity contribution in [2.24, 2.45) is 11.8 Å². The summed E-state index contributed by atoms with van der Waals surface area (Å²) in [4.78, 5) is 14.4. The van der Waals surface area contributed by atoms with Gasteiger partial charge in [0.1, 0.15) is 11.5 Å². The third-order valence-corrected chi connectivity index (χ3v) is 5.66. The van der Waals surface area contributed by atoms with Crippen LogP contribution in [0.2, 0.25) is 0 Å². The van der Waals surface area contributed by atoms with E-state index in [9.17, 15) is 4.79 Å². The van der Waals surface area contributed by atoms with Crippen LogP contribution in [0.3, 0.4) is 0 Å². The molecule has 0 aliphatic carbocycles. The molecule has 3 rings (SSSR count). The third-order valence-electron chi connectivity index (χ3n) is 5.66. The van der Waals surface area contributed by atoms with Crippen LogP contribution in [0.4, 0.5) is 0 Å². The maximum absolute atomic E-state index is 12.5. The number of nitrogens with one attached hydrogen (secondary N) is 1. The van der Waals surface area contributed by atoms with E-state index in [-0.39, 0.29) is 18.3 Å². The SMILES string of the molecule is CC(CC(=O)N(C)CCCc1cc(-c2ccccc2)no1)C1CCNCC1.Cl.